The number of aromatic nitrogens is 4. The highest BCUT2D eigenvalue weighted by Gasteiger charge is 2.19. The minimum absolute atomic E-state index is 0.0449. The van der Waals surface area contributed by atoms with Crippen molar-refractivity contribution in [2.75, 3.05) is 51.6 Å². The van der Waals surface area contributed by atoms with Crippen LogP contribution in [0.4, 0.5) is 5.69 Å². The van der Waals surface area contributed by atoms with Crippen LogP contribution < -0.4 is 14.8 Å². The third-order valence-corrected chi connectivity index (χ3v) is 6.02. The Morgan fingerprint density at radius 3 is 2.56 bits per heavy atom. The van der Waals surface area contributed by atoms with E-state index >= 15 is 0 Å². The van der Waals surface area contributed by atoms with Crippen LogP contribution in [-0.4, -0.2) is 83.2 Å². The van der Waals surface area contributed by atoms with Crippen LogP contribution in [0.5, 0.6) is 11.5 Å². The quantitative estimate of drug-likeness (QED) is 0.478. The highest BCUT2D eigenvalue weighted by molar-refractivity contribution is 7.99. The second kappa shape index (κ2) is 11.0. The van der Waals surface area contributed by atoms with Crippen molar-refractivity contribution in [3.8, 4) is 17.2 Å². The number of hydrogen-bond acceptors (Lipinski definition) is 9. The molecular weight excluding hydrogens is 460 g/mol. The fraction of sp³-hybridized carbons (Fsp3) is 0.318. The Hall–Kier alpha value is -3.64. The molecule has 0 unspecified atom stereocenters. The second-order valence-electron chi connectivity index (χ2n) is 7.23. The number of nitrogens with zero attached hydrogens (tertiary/aromatic N) is 5. The van der Waals surface area contributed by atoms with Gasteiger partial charge in [0.25, 0.3) is 5.91 Å². The molecule has 0 bridgehead atoms. The maximum atomic E-state index is 12.5. The van der Waals surface area contributed by atoms with Crippen LogP contribution in [0.25, 0.3) is 5.69 Å². The Bertz CT molecular complexity index is 1150. The van der Waals surface area contributed by atoms with Gasteiger partial charge in [0.2, 0.25) is 11.1 Å². The van der Waals surface area contributed by atoms with Gasteiger partial charge in [-0.3, -0.25) is 9.59 Å². The highest BCUT2D eigenvalue weighted by Crippen LogP contribution is 2.29. The molecule has 12 heteroatoms. The third kappa shape index (κ3) is 5.46. The zero-order chi connectivity index (χ0) is 23.9. The van der Waals surface area contributed by atoms with Gasteiger partial charge < -0.3 is 24.4 Å². The van der Waals surface area contributed by atoms with Gasteiger partial charge in [-0.1, -0.05) is 11.8 Å². The van der Waals surface area contributed by atoms with E-state index in [0.717, 1.165) is 0 Å². The molecule has 2 aromatic carbocycles. The van der Waals surface area contributed by atoms with Crippen molar-refractivity contribution < 1.29 is 23.8 Å². The summed E-state index contributed by atoms with van der Waals surface area (Å²) >= 11 is 1.18. The van der Waals surface area contributed by atoms with E-state index in [-0.39, 0.29) is 17.6 Å². The molecule has 0 atom stereocenters. The molecule has 0 spiro atoms. The summed E-state index contributed by atoms with van der Waals surface area (Å²) < 4.78 is 17.5. The SMILES string of the molecule is COc1ccc(OC)c(-n2nnnc2SCC(=O)Nc2ccc(C(=O)N3CCOCC3)cc2)c1. The normalized spacial score (nSPS) is 13.4. The van der Waals surface area contributed by atoms with Gasteiger partial charge in [0.15, 0.2) is 0 Å². The van der Waals surface area contributed by atoms with Crippen molar-refractivity contribution in [1.29, 1.82) is 0 Å². The van der Waals surface area contributed by atoms with Crippen molar-refractivity contribution >= 4 is 29.3 Å². The lowest BCUT2D eigenvalue weighted by Gasteiger charge is -2.26. The number of nitrogens with one attached hydrogen (secondary N) is 1. The molecule has 1 saturated heterocycles. The first kappa shape index (κ1) is 23.5. The number of carbonyl (C=O) groups excluding carboxylic acids is 2. The summed E-state index contributed by atoms with van der Waals surface area (Å²) in [6.07, 6.45) is 0. The second-order valence-corrected chi connectivity index (χ2v) is 8.17. The molecule has 2 amide bonds. The van der Waals surface area contributed by atoms with Gasteiger partial charge in [0.05, 0.1) is 33.2 Å². The van der Waals surface area contributed by atoms with E-state index in [2.05, 4.69) is 20.8 Å². The molecule has 178 valence electrons. The van der Waals surface area contributed by atoms with Gasteiger partial charge in [-0.25, -0.2) is 0 Å². The summed E-state index contributed by atoms with van der Waals surface area (Å²) in [7, 11) is 3.12. The molecule has 11 nitrogen and oxygen atoms in total. The van der Waals surface area contributed by atoms with E-state index < -0.39 is 0 Å². The van der Waals surface area contributed by atoms with Crippen LogP contribution in [0.3, 0.4) is 0 Å². The number of carbonyl (C=O) groups is 2. The maximum absolute atomic E-state index is 12.5. The first-order valence-electron chi connectivity index (χ1n) is 10.5. The predicted octanol–water partition coefficient (Wildman–Crippen LogP) is 1.88. The van der Waals surface area contributed by atoms with Crippen LogP contribution in [0.15, 0.2) is 47.6 Å². The fourth-order valence-electron chi connectivity index (χ4n) is 3.35. The lowest BCUT2D eigenvalue weighted by Crippen LogP contribution is -2.40. The lowest BCUT2D eigenvalue weighted by molar-refractivity contribution is -0.113. The Morgan fingerprint density at radius 2 is 1.85 bits per heavy atom. The van der Waals surface area contributed by atoms with Gasteiger partial charge >= 0.3 is 0 Å². The molecule has 1 N–H and O–H groups in total. The largest absolute Gasteiger partial charge is 0.497 e. The van der Waals surface area contributed by atoms with Crippen molar-refractivity contribution in [2.45, 2.75) is 5.16 Å². The molecule has 4 rings (SSSR count). The number of morpholine rings is 1. The number of ether oxygens (including phenoxy) is 3. The average molecular weight is 485 g/mol. The first-order valence-corrected chi connectivity index (χ1v) is 11.5. The Labute approximate surface area is 200 Å². The molecule has 1 aromatic heterocycles. The molecule has 1 aliphatic heterocycles. The molecule has 1 aliphatic rings. The third-order valence-electron chi connectivity index (χ3n) is 5.10. The van der Waals surface area contributed by atoms with Gasteiger partial charge in [0, 0.05) is 30.4 Å². The summed E-state index contributed by atoms with van der Waals surface area (Å²) in [5.41, 5.74) is 1.76. The summed E-state index contributed by atoms with van der Waals surface area (Å²) in [5.74, 6) is 0.990. The minimum Gasteiger partial charge on any atom is -0.497 e. The number of hydrogen-bond donors (Lipinski definition) is 1. The van der Waals surface area contributed by atoms with Crippen molar-refractivity contribution in [3.05, 3.63) is 48.0 Å². The number of rotatable bonds is 8. The van der Waals surface area contributed by atoms with E-state index in [4.69, 9.17) is 14.2 Å². The molecule has 34 heavy (non-hydrogen) atoms. The number of thioether (sulfide) groups is 1. The standard InChI is InChI=1S/C22H24N6O5S/c1-31-17-7-8-19(32-2)18(13-17)28-22(24-25-26-28)34-14-20(29)23-16-5-3-15(4-6-16)21(30)27-9-11-33-12-10-27/h3-8,13H,9-12,14H2,1-2H3,(H,23,29). The summed E-state index contributed by atoms with van der Waals surface area (Å²) in [5, 5.41) is 15.0. The molecule has 1 fully saturated rings. The van der Waals surface area contributed by atoms with Gasteiger partial charge in [0.1, 0.15) is 17.2 Å². The number of anilines is 1. The summed E-state index contributed by atoms with van der Waals surface area (Å²) in [6, 6.07) is 12.1. The zero-order valence-electron chi connectivity index (χ0n) is 18.8. The highest BCUT2D eigenvalue weighted by atomic mass is 32.2. The first-order chi connectivity index (χ1) is 16.6. The summed E-state index contributed by atoms with van der Waals surface area (Å²) in [6.45, 7) is 2.25. The zero-order valence-corrected chi connectivity index (χ0v) is 19.6. The molecule has 0 radical (unpaired) electrons. The van der Waals surface area contributed by atoms with E-state index in [1.54, 1.807) is 61.6 Å². The molecule has 0 aliphatic carbocycles. The average Bonchev–Trinajstić information content (AvgIpc) is 3.36. The number of tetrazole rings is 1. The van der Waals surface area contributed by atoms with Crippen LogP contribution in [0.2, 0.25) is 0 Å². The van der Waals surface area contributed by atoms with E-state index in [1.165, 1.54) is 16.4 Å². The smallest absolute Gasteiger partial charge is 0.254 e. The number of methoxy groups -OCH3 is 2. The minimum atomic E-state index is -0.232. The molecular formula is C22H24N6O5S. The van der Waals surface area contributed by atoms with E-state index in [9.17, 15) is 9.59 Å². The number of benzene rings is 2. The van der Waals surface area contributed by atoms with E-state index in [0.29, 0.717) is 59.9 Å². The van der Waals surface area contributed by atoms with Gasteiger partial charge in [-0.2, -0.15) is 4.68 Å². The van der Waals surface area contributed by atoms with Crippen molar-refractivity contribution in [3.63, 3.8) is 0 Å². The van der Waals surface area contributed by atoms with Crippen LogP contribution in [0, 0.1) is 0 Å². The molecule has 3 aromatic rings. The monoisotopic (exact) mass is 484 g/mol. The molecule has 2 heterocycles. The maximum Gasteiger partial charge on any atom is 0.254 e. The summed E-state index contributed by atoms with van der Waals surface area (Å²) in [4.78, 5) is 26.8. The lowest BCUT2D eigenvalue weighted by atomic mass is 10.1. The topological polar surface area (TPSA) is 121 Å². The Kier molecular flexibility index (Phi) is 7.60. The fourth-order valence-corrected chi connectivity index (χ4v) is 4.04. The predicted molar refractivity (Wildman–Crippen MR) is 125 cm³/mol. The number of amides is 2. The van der Waals surface area contributed by atoms with Crippen molar-refractivity contribution in [1.82, 2.24) is 25.1 Å². The van der Waals surface area contributed by atoms with Crippen LogP contribution in [-0.2, 0) is 9.53 Å². The van der Waals surface area contributed by atoms with Crippen LogP contribution in [0.1, 0.15) is 10.4 Å². The van der Waals surface area contributed by atoms with Crippen molar-refractivity contribution in [2.24, 2.45) is 0 Å². The van der Waals surface area contributed by atoms with Gasteiger partial charge in [-0.15, -0.1) is 5.10 Å². The Morgan fingerprint density at radius 1 is 1.09 bits per heavy atom. The Balaban J connectivity index is 1.36. The van der Waals surface area contributed by atoms with Crippen LogP contribution >= 0.6 is 11.8 Å². The van der Waals surface area contributed by atoms with E-state index in [1.807, 2.05) is 0 Å². The van der Waals surface area contributed by atoms with Gasteiger partial charge in [-0.05, 0) is 46.8 Å². The molecule has 0 saturated carbocycles.